The van der Waals surface area contributed by atoms with Crippen LogP contribution in [0, 0.1) is 36.5 Å². The van der Waals surface area contributed by atoms with Crippen LogP contribution in [0.1, 0.15) is 31.2 Å². The van der Waals surface area contributed by atoms with E-state index in [4.69, 9.17) is 23.2 Å². The predicted molar refractivity (Wildman–Crippen MR) is 90.2 cm³/mol. The number of amides is 1. The fraction of sp³-hybridized carbons (Fsp3) is 0.611. The molecule has 3 fully saturated rings. The summed E-state index contributed by atoms with van der Waals surface area (Å²) in [7, 11) is 0. The number of alkyl halides is 2. The number of hydrogen-bond donors (Lipinski definition) is 1. The molecule has 4 heteroatoms. The van der Waals surface area contributed by atoms with Crippen molar-refractivity contribution in [1.82, 2.24) is 0 Å². The monoisotopic (exact) mass is 337 g/mol. The first-order valence-corrected chi connectivity index (χ1v) is 8.99. The highest BCUT2D eigenvalue weighted by Crippen LogP contribution is 2.67. The van der Waals surface area contributed by atoms with Crippen LogP contribution in [0.4, 0.5) is 5.69 Å². The largest absolute Gasteiger partial charge is 0.326 e. The molecule has 4 rings (SSSR count). The average molecular weight is 338 g/mol. The fourth-order valence-corrected chi connectivity index (χ4v) is 5.39. The van der Waals surface area contributed by atoms with Gasteiger partial charge in [0.2, 0.25) is 5.91 Å². The summed E-state index contributed by atoms with van der Waals surface area (Å²) in [4.78, 5) is 12.5. The Kier molecular flexibility index (Phi) is 3.47. The Hall–Kier alpha value is -0.730. The Morgan fingerprint density at radius 1 is 1.05 bits per heavy atom. The maximum Gasteiger partial charge on any atom is 0.228 e. The molecule has 22 heavy (non-hydrogen) atoms. The molecule has 1 aromatic rings. The van der Waals surface area contributed by atoms with Crippen molar-refractivity contribution in [3.8, 4) is 0 Å². The first-order chi connectivity index (χ1) is 10.5. The topological polar surface area (TPSA) is 29.1 Å². The molecule has 2 nitrogen and oxygen atoms in total. The first kappa shape index (κ1) is 14.8. The Balaban J connectivity index is 1.37. The van der Waals surface area contributed by atoms with E-state index in [0.29, 0.717) is 23.7 Å². The molecule has 0 radical (unpaired) electrons. The highest BCUT2D eigenvalue weighted by Gasteiger charge is 2.65. The lowest BCUT2D eigenvalue weighted by Gasteiger charge is -2.05. The molecule has 0 saturated heterocycles. The Bertz CT molecular complexity index is 576. The van der Waals surface area contributed by atoms with E-state index >= 15 is 0 Å². The lowest BCUT2D eigenvalue weighted by molar-refractivity contribution is -0.117. The van der Waals surface area contributed by atoms with E-state index in [0.717, 1.165) is 31.4 Å². The van der Waals surface area contributed by atoms with E-state index in [1.807, 2.05) is 31.2 Å². The Labute approximate surface area is 141 Å². The van der Waals surface area contributed by atoms with E-state index in [1.54, 1.807) is 0 Å². The molecule has 1 N–H and O–H groups in total. The highest BCUT2D eigenvalue weighted by molar-refractivity contribution is 6.51. The molecule has 1 aromatic carbocycles. The Morgan fingerprint density at radius 3 is 2.14 bits per heavy atom. The lowest BCUT2D eigenvalue weighted by atomic mass is 10.0. The van der Waals surface area contributed by atoms with Crippen LogP contribution in [0.15, 0.2) is 24.3 Å². The van der Waals surface area contributed by atoms with Crippen molar-refractivity contribution in [3.63, 3.8) is 0 Å². The molecule has 118 valence electrons. The molecule has 3 aliphatic rings. The zero-order valence-corrected chi connectivity index (χ0v) is 14.2. The van der Waals surface area contributed by atoms with Gasteiger partial charge in [0.25, 0.3) is 0 Å². The maximum atomic E-state index is 12.5. The Morgan fingerprint density at radius 2 is 1.59 bits per heavy atom. The molecule has 0 aromatic heterocycles. The molecule has 5 atom stereocenters. The molecule has 0 spiro atoms. The summed E-state index contributed by atoms with van der Waals surface area (Å²) < 4.78 is -0.476. The second-order valence-electron chi connectivity index (χ2n) is 7.25. The van der Waals surface area contributed by atoms with Crippen LogP contribution >= 0.6 is 23.2 Å². The van der Waals surface area contributed by atoms with Crippen LogP contribution in [0.5, 0.6) is 0 Å². The van der Waals surface area contributed by atoms with Crippen molar-refractivity contribution in [1.29, 1.82) is 0 Å². The van der Waals surface area contributed by atoms with Gasteiger partial charge in [-0.3, -0.25) is 4.79 Å². The summed E-state index contributed by atoms with van der Waals surface area (Å²) in [6.07, 6.45) is 4.35. The third-order valence-corrected chi connectivity index (χ3v) is 7.06. The second-order valence-corrected chi connectivity index (χ2v) is 8.70. The predicted octanol–water partition coefficient (Wildman–Crippen LogP) is 4.79. The zero-order valence-electron chi connectivity index (χ0n) is 12.7. The molecule has 0 heterocycles. The van der Waals surface area contributed by atoms with Crippen molar-refractivity contribution in [2.24, 2.45) is 29.6 Å². The van der Waals surface area contributed by atoms with Gasteiger partial charge in [0.15, 0.2) is 0 Å². The standard InChI is InChI=1S/C18H21Cl2NO/c1-10-2-4-11(5-3-10)21-17(22)16-12-6-8-14-15(18(14,19)20)9-7-13(12)16/h2-5,12-16H,6-9H2,1H3,(H,21,22)/t12-,13+,14-,15+,16?. The van der Waals surface area contributed by atoms with Crippen molar-refractivity contribution in [2.45, 2.75) is 36.9 Å². The van der Waals surface area contributed by atoms with Crippen LogP contribution in [0.2, 0.25) is 0 Å². The van der Waals surface area contributed by atoms with Crippen LogP contribution in [0.3, 0.4) is 0 Å². The molecular weight excluding hydrogens is 317 g/mol. The van der Waals surface area contributed by atoms with Crippen LogP contribution in [0.25, 0.3) is 0 Å². The van der Waals surface area contributed by atoms with E-state index in [9.17, 15) is 4.79 Å². The van der Waals surface area contributed by atoms with Crippen molar-refractivity contribution < 1.29 is 4.79 Å². The molecule has 3 saturated carbocycles. The number of halogens is 2. The van der Waals surface area contributed by atoms with Crippen molar-refractivity contribution in [2.75, 3.05) is 5.32 Å². The van der Waals surface area contributed by atoms with E-state index in [2.05, 4.69) is 5.32 Å². The quantitative estimate of drug-likeness (QED) is 0.772. The number of carbonyl (C=O) groups is 1. The minimum absolute atomic E-state index is 0.192. The van der Waals surface area contributed by atoms with Gasteiger partial charge >= 0.3 is 0 Å². The summed E-state index contributed by atoms with van der Waals surface area (Å²) >= 11 is 12.7. The lowest BCUT2D eigenvalue weighted by Crippen LogP contribution is -2.15. The average Bonchev–Trinajstić information content (AvgIpc) is 3.26. The SMILES string of the molecule is Cc1ccc(NC(=O)C2[C@H]3CC[C@H]4[C@@H](CC[C@@H]23)C4(Cl)Cl)cc1. The molecule has 0 bridgehead atoms. The summed E-state index contributed by atoms with van der Waals surface area (Å²) in [6, 6.07) is 8.00. The van der Waals surface area contributed by atoms with Gasteiger partial charge in [0.05, 0.1) is 0 Å². The van der Waals surface area contributed by atoms with E-state index in [-0.39, 0.29) is 11.8 Å². The van der Waals surface area contributed by atoms with Gasteiger partial charge in [-0.15, -0.1) is 23.2 Å². The molecule has 0 aliphatic heterocycles. The summed E-state index contributed by atoms with van der Waals surface area (Å²) in [5.41, 5.74) is 2.11. The summed E-state index contributed by atoms with van der Waals surface area (Å²) in [5.74, 6) is 2.37. The van der Waals surface area contributed by atoms with Crippen LogP contribution in [-0.4, -0.2) is 10.2 Å². The minimum atomic E-state index is -0.476. The van der Waals surface area contributed by atoms with E-state index < -0.39 is 4.33 Å². The van der Waals surface area contributed by atoms with Gasteiger partial charge in [-0.2, -0.15) is 0 Å². The van der Waals surface area contributed by atoms with Gasteiger partial charge in [-0.1, -0.05) is 17.7 Å². The van der Waals surface area contributed by atoms with Crippen LogP contribution in [-0.2, 0) is 4.79 Å². The number of rotatable bonds is 2. The highest BCUT2D eigenvalue weighted by atomic mass is 35.5. The van der Waals surface area contributed by atoms with E-state index in [1.165, 1.54) is 5.56 Å². The van der Waals surface area contributed by atoms with Gasteiger partial charge in [-0.25, -0.2) is 0 Å². The number of aryl methyl sites for hydroxylation is 1. The second kappa shape index (κ2) is 5.14. The summed E-state index contributed by atoms with van der Waals surface area (Å²) in [6.45, 7) is 2.05. The van der Waals surface area contributed by atoms with Gasteiger partial charge in [0.1, 0.15) is 4.33 Å². The van der Waals surface area contributed by atoms with Gasteiger partial charge in [0, 0.05) is 11.6 Å². The number of benzene rings is 1. The third kappa shape index (κ3) is 2.45. The fourth-order valence-electron chi connectivity index (χ4n) is 4.48. The van der Waals surface area contributed by atoms with Crippen molar-refractivity contribution >= 4 is 34.8 Å². The molecule has 3 aliphatic carbocycles. The third-order valence-electron chi connectivity index (χ3n) is 5.94. The smallest absolute Gasteiger partial charge is 0.228 e. The van der Waals surface area contributed by atoms with Gasteiger partial charge in [-0.05, 0) is 68.4 Å². The molecule has 1 unspecified atom stereocenters. The normalized spacial score (nSPS) is 38.0. The number of carbonyl (C=O) groups excluding carboxylic acids is 1. The zero-order chi connectivity index (χ0) is 15.5. The summed E-state index contributed by atoms with van der Waals surface area (Å²) in [5, 5.41) is 3.08. The number of anilines is 1. The van der Waals surface area contributed by atoms with Crippen LogP contribution < -0.4 is 5.32 Å². The maximum absolute atomic E-state index is 12.5. The van der Waals surface area contributed by atoms with Gasteiger partial charge < -0.3 is 5.32 Å². The molecule has 1 amide bonds. The number of fused-ring (bicyclic) bond motifs is 2. The number of nitrogens with one attached hydrogen (secondary N) is 1. The first-order valence-electron chi connectivity index (χ1n) is 8.24. The minimum Gasteiger partial charge on any atom is -0.326 e. The van der Waals surface area contributed by atoms with Crippen molar-refractivity contribution in [3.05, 3.63) is 29.8 Å². The molecular formula is C18H21Cl2NO. The number of hydrogen-bond acceptors (Lipinski definition) is 1.